The van der Waals surface area contributed by atoms with Gasteiger partial charge in [0.1, 0.15) is 36.1 Å². The van der Waals surface area contributed by atoms with E-state index in [0.717, 1.165) is 6.92 Å². The van der Waals surface area contributed by atoms with Crippen molar-refractivity contribution in [2.75, 3.05) is 6.61 Å². The molecule has 2 saturated carbocycles. The Balaban J connectivity index is 1.54. The summed E-state index contributed by atoms with van der Waals surface area (Å²) in [7, 11) is 0. The highest BCUT2D eigenvalue weighted by molar-refractivity contribution is 5.95. The average molecular weight is 874 g/mol. The van der Waals surface area contributed by atoms with E-state index in [1.54, 1.807) is 78.9 Å². The number of benzene rings is 3. The van der Waals surface area contributed by atoms with Crippen molar-refractivity contribution >= 4 is 29.6 Å². The van der Waals surface area contributed by atoms with E-state index in [1.165, 1.54) is 46.8 Å². The van der Waals surface area contributed by atoms with Crippen LogP contribution in [0.2, 0.25) is 0 Å². The van der Waals surface area contributed by atoms with Gasteiger partial charge in [-0.2, -0.15) is 0 Å². The maximum Gasteiger partial charge on any atom is 0.338 e. The van der Waals surface area contributed by atoms with E-state index in [-0.39, 0.29) is 22.3 Å². The third-order valence-electron chi connectivity index (χ3n) is 13.2. The van der Waals surface area contributed by atoms with Crippen LogP contribution >= 0.6 is 0 Å². The summed E-state index contributed by atoms with van der Waals surface area (Å²) in [6, 6.07) is 22.4. The maximum absolute atomic E-state index is 15.4. The highest BCUT2D eigenvalue weighted by Gasteiger charge is 2.75. The van der Waals surface area contributed by atoms with E-state index in [2.05, 4.69) is 5.32 Å². The molecule has 2 fully saturated rings. The van der Waals surface area contributed by atoms with E-state index in [9.17, 15) is 49.8 Å². The van der Waals surface area contributed by atoms with Crippen molar-refractivity contribution in [3.05, 3.63) is 119 Å². The predicted molar refractivity (Wildman–Crippen MR) is 222 cm³/mol. The average Bonchev–Trinajstić information content (AvgIpc) is 3.25. The number of aliphatic hydroxyl groups is 6. The summed E-state index contributed by atoms with van der Waals surface area (Å²) in [4.78, 5) is 69.6. The Morgan fingerprint density at radius 1 is 0.825 bits per heavy atom. The first-order valence-corrected chi connectivity index (χ1v) is 20.7. The molecule has 63 heavy (non-hydrogen) atoms. The minimum atomic E-state index is -2.73. The van der Waals surface area contributed by atoms with Gasteiger partial charge >= 0.3 is 17.9 Å². The summed E-state index contributed by atoms with van der Waals surface area (Å²) in [6.07, 6.45) is -14.4. The molecule has 3 aliphatic rings. The topological polar surface area (TPSA) is 256 Å². The highest BCUT2D eigenvalue weighted by Crippen LogP contribution is 2.62. The van der Waals surface area contributed by atoms with E-state index in [1.807, 2.05) is 0 Å². The second-order valence-corrected chi connectivity index (χ2v) is 17.4. The van der Waals surface area contributed by atoms with Crippen LogP contribution < -0.4 is 5.32 Å². The van der Waals surface area contributed by atoms with Gasteiger partial charge in [0, 0.05) is 36.7 Å². The smallest absolute Gasteiger partial charge is 0.338 e. The van der Waals surface area contributed by atoms with Crippen molar-refractivity contribution in [3.63, 3.8) is 0 Å². The molecule has 1 amide bonds. The normalized spacial score (nSPS) is 31.5. The SMILES string of the molecule is CC(=O)OC[C@@]1(O)C2[C@H](OC(=O)c3ccccc3)[C@]3(O)C[C@H](OC(=O)[C@H](O)C(NC(=O)c4ccccc4)c4ccccc4)C(C)=C([C@@H](OC(C)O)C(=O)[C@]2(C)[C@@H](O)C[C@@H]1O)C3(C)C. The monoisotopic (exact) mass is 873 g/mol. The summed E-state index contributed by atoms with van der Waals surface area (Å²) in [5, 5.41) is 75.1. The maximum atomic E-state index is 15.4. The molecule has 6 rings (SSSR count). The minimum Gasteiger partial charge on any atom is -0.463 e. The molecular weight excluding hydrogens is 819 g/mol. The highest BCUT2D eigenvalue weighted by atomic mass is 16.6. The van der Waals surface area contributed by atoms with Crippen molar-refractivity contribution in [1.82, 2.24) is 5.32 Å². The third-order valence-corrected chi connectivity index (χ3v) is 13.2. The van der Waals surface area contributed by atoms with E-state index < -0.39 is 126 Å². The van der Waals surface area contributed by atoms with Crippen LogP contribution in [-0.2, 0) is 33.3 Å². The van der Waals surface area contributed by atoms with Crippen LogP contribution in [0.5, 0.6) is 0 Å². The van der Waals surface area contributed by atoms with E-state index >= 15 is 4.79 Å². The number of ether oxygens (including phenoxy) is 4. The largest absolute Gasteiger partial charge is 0.463 e. The molecule has 7 N–H and O–H groups in total. The van der Waals surface area contributed by atoms with Gasteiger partial charge in [0.05, 0.1) is 29.2 Å². The molecule has 16 heteroatoms. The van der Waals surface area contributed by atoms with Crippen LogP contribution in [0.15, 0.2) is 102 Å². The van der Waals surface area contributed by atoms with Gasteiger partial charge in [-0.05, 0) is 61.7 Å². The van der Waals surface area contributed by atoms with Crippen molar-refractivity contribution < 1.29 is 73.6 Å². The van der Waals surface area contributed by atoms with Crippen molar-refractivity contribution in [2.24, 2.45) is 16.7 Å². The Morgan fingerprint density at radius 2 is 1.38 bits per heavy atom. The van der Waals surface area contributed by atoms with Gasteiger partial charge in [-0.15, -0.1) is 0 Å². The molecule has 3 aromatic carbocycles. The Kier molecular flexibility index (Phi) is 13.5. The Morgan fingerprint density at radius 3 is 1.94 bits per heavy atom. The number of carbonyl (C=O) groups excluding carboxylic acids is 5. The second kappa shape index (κ2) is 18.0. The van der Waals surface area contributed by atoms with Gasteiger partial charge < -0.3 is 54.9 Å². The number of aliphatic hydroxyl groups excluding tert-OH is 4. The number of carbonyl (C=O) groups is 5. The van der Waals surface area contributed by atoms with Gasteiger partial charge in [-0.25, -0.2) is 9.59 Å². The Bertz CT molecular complexity index is 2210. The number of rotatable bonds is 12. The number of nitrogens with one attached hydrogen (secondary N) is 1. The fourth-order valence-corrected chi connectivity index (χ4v) is 9.72. The summed E-state index contributed by atoms with van der Waals surface area (Å²) >= 11 is 0. The van der Waals surface area contributed by atoms with Gasteiger partial charge in [0.2, 0.25) is 0 Å². The summed E-state index contributed by atoms with van der Waals surface area (Å²) in [5.41, 5.74) is -8.74. The minimum absolute atomic E-state index is 0.0249. The molecule has 0 aliphatic heterocycles. The van der Waals surface area contributed by atoms with Crippen LogP contribution in [0.1, 0.15) is 86.7 Å². The third kappa shape index (κ3) is 8.56. The Labute approximate surface area is 364 Å². The van der Waals surface area contributed by atoms with Gasteiger partial charge in [0.15, 0.2) is 18.2 Å². The summed E-state index contributed by atoms with van der Waals surface area (Å²) in [6.45, 7) is 6.96. The van der Waals surface area contributed by atoms with Crippen LogP contribution in [0.25, 0.3) is 0 Å². The van der Waals surface area contributed by atoms with Gasteiger partial charge in [-0.1, -0.05) is 80.6 Å². The second-order valence-electron chi connectivity index (χ2n) is 17.4. The molecule has 0 spiro atoms. The molecular formula is C47H55NO15. The summed E-state index contributed by atoms with van der Waals surface area (Å²) in [5.74, 6) is -6.85. The molecule has 3 aliphatic carbocycles. The number of amides is 1. The number of esters is 3. The van der Waals surface area contributed by atoms with Crippen molar-refractivity contribution in [3.8, 4) is 0 Å². The zero-order chi connectivity index (χ0) is 46.2. The molecule has 3 unspecified atom stereocenters. The quantitative estimate of drug-likeness (QED) is 0.0598. The number of ketones is 1. The molecule has 0 aromatic heterocycles. The number of hydrogen-bond donors (Lipinski definition) is 7. The van der Waals surface area contributed by atoms with E-state index in [0.29, 0.717) is 5.56 Å². The zero-order valence-corrected chi connectivity index (χ0v) is 35.8. The van der Waals surface area contributed by atoms with Gasteiger partial charge in [-0.3, -0.25) is 14.4 Å². The van der Waals surface area contributed by atoms with Crippen LogP contribution in [-0.4, -0.2) is 121 Å². The molecule has 338 valence electrons. The zero-order valence-electron chi connectivity index (χ0n) is 35.8. The molecule has 0 saturated heterocycles. The molecule has 0 heterocycles. The first-order chi connectivity index (χ1) is 29.6. The fourth-order valence-electron chi connectivity index (χ4n) is 9.72. The standard InChI is InChI=1S/C47H55NO15/c1-25-31(62-43(57)36(53)35(28-16-10-7-11-17-28)48-41(55)29-18-12-8-13-19-29)23-47(59)40(63-42(56)30-20-14-9-15-21-30)38-45(6,32(51)22-33(52)46(38,58)24-60-26(2)49)39(54)37(61-27(3)50)34(25)44(47,4)5/h7-21,27,31-33,35-38,40,50-53,58-59H,22-24H2,1-6H3,(H,48,55)/t27?,31-,32-,33-,35?,36+,37+,38?,40-,45+,46-,47+/m0/s1. The molecule has 3 aromatic rings. The molecule has 2 bridgehead atoms. The first-order valence-electron chi connectivity index (χ1n) is 20.7. The van der Waals surface area contributed by atoms with E-state index in [4.69, 9.17) is 18.9 Å². The summed E-state index contributed by atoms with van der Waals surface area (Å²) < 4.78 is 23.5. The lowest BCUT2D eigenvalue weighted by atomic mass is 9.45. The first kappa shape index (κ1) is 47.2. The molecule has 16 nitrogen and oxygen atoms in total. The lowest BCUT2D eigenvalue weighted by Gasteiger charge is -2.64. The van der Waals surface area contributed by atoms with Crippen LogP contribution in [0.3, 0.4) is 0 Å². The Hall–Kier alpha value is -5.33. The fraction of sp³-hybridized carbons (Fsp3) is 0.468. The van der Waals surface area contributed by atoms with Crippen LogP contribution in [0, 0.1) is 16.7 Å². The molecule has 12 atom stereocenters. The number of Topliss-reactive ketones (excluding diaryl/α,β-unsaturated/α-hetero) is 1. The predicted octanol–water partition coefficient (Wildman–Crippen LogP) is 2.48. The number of hydrogen-bond acceptors (Lipinski definition) is 15. The lowest BCUT2D eigenvalue weighted by Crippen LogP contribution is -2.78. The lowest BCUT2D eigenvalue weighted by molar-refractivity contribution is -0.289. The molecule has 0 radical (unpaired) electrons. The van der Waals surface area contributed by atoms with Gasteiger partial charge in [0.25, 0.3) is 5.91 Å². The van der Waals surface area contributed by atoms with Crippen molar-refractivity contribution in [1.29, 1.82) is 0 Å². The number of fused-ring (bicyclic) bond motifs is 3. The van der Waals surface area contributed by atoms with Crippen molar-refractivity contribution in [2.45, 2.75) is 115 Å². The van der Waals surface area contributed by atoms with Crippen LogP contribution in [0.4, 0.5) is 0 Å².